The Hall–Kier alpha value is -3.24. The number of amides is 3. The maximum Gasteiger partial charge on any atom is 0.338 e. The molecule has 2 aromatic rings. The number of ether oxygens (including phenoxy) is 1. The Kier molecular flexibility index (Phi) is 8.05. The van der Waals surface area contributed by atoms with Gasteiger partial charge in [0.15, 0.2) is 0 Å². The number of likely N-dealkylation sites (N-methyl/N-ethyl adjacent to an activating group) is 1. The van der Waals surface area contributed by atoms with Crippen molar-refractivity contribution in [3.05, 3.63) is 69.3 Å². The molecule has 4 rings (SSSR count). The molecule has 1 fully saturated rings. The molecule has 0 aliphatic carbocycles. The van der Waals surface area contributed by atoms with Crippen LogP contribution in [0.4, 0.5) is 9.18 Å². The Morgan fingerprint density at radius 2 is 2.03 bits per heavy atom. The van der Waals surface area contributed by atoms with E-state index in [4.69, 9.17) is 4.74 Å². The fourth-order valence-electron chi connectivity index (χ4n) is 4.82. The summed E-state index contributed by atoms with van der Waals surface area (Å²) in [5.41, 5.74) is 2.21. The van der Waals surface area contributed by atoms with Gasteiger partial charge in [-0.2, -0.15) is 11.3 Å². The zero-order chi connectivity index (χ0) is 25.8. The van der Waals surface area contributed by atoms with E-state index in [1.807, 2.05) is 30.7 Å². The Morgan fingerprint density at radius 3 is 2.67 bits per heavy atom. The number of carbonyl (C=O) groups excluding carboxylic acids is 3. The number of thiophene rings is 1. The summed E-state index contributed by atoms with van der Waals surface area (Å²) in [7, 11) is 0. The highest BCUT2D eigenvalue weighted by molar-refractivity contribution is 7.08. The largest absolute Gasteiger partial charge is 0.463 e. The second kappa shape index (κ2) is 11.2. The van der Waals surface area contributed by atoms with E-state index < -0.39 is 17.8 Å². The number of esters is 1. The summed E-state index contributed by atoms with van der Waals surface area (Å²) in [5, 5.41) is 6.79. The van der Waals surface area contributed by atoms with Gasteiger partial charge in [0.05, 0.1) is 18.2 Å². The predicted molar refractivity (Wildman–Crippen MR) is 135 cm³/mol. The second-order valence-electron chi connectivity index (χ2n) is 8.86. The molecule has 1 aromatic heterocycles. The van der Waals surface area contributed by atoms with Crippen molar-refractivity contribution in [3.63, 3.8) is 0 Å². The van der Waals surface area contributed by atoms with Crippen LogP contribution < -0.4 is 5.32 Å². The quantitative estimate of drug-likeness (QED) is 0.571. The third-order valence-electron chi connectivity index (χ3n) is 6.54. The van der Waals surface area contributed by atoms with Gasteiger partial charge in [-0.05, 0) is 61.4 Å². The Balaban J connectivity index is 1.60. The van der Waals surface area contributed by atoms with E-state index in [0.29, 0.717) is 49.6 Å². The summed E-state index contributed by atoms with van der Waals surface area (Å²) >= 11 is 1.50. The van der Waals surface area contributed by atoms with Gasteiger partial charge in [-0.15, -0.1) is 0 Å². The van der Waals surface area contributed by atoms with Crippen LogP contribution in [0.1, 0.15) is 42.7 Å². The molecule has 0 spiro atoms. The Morgan fingerprint density at radius 1 is 1.22 bits per heavy atom. The number of nitrogens with one attached hydrogen (secondary N) is 1. The molecule has 0 bridgehead atoms. The summed E-state index contributed by atoms with van der Waals surface area (Å²) in [6.45, 7) is 8.10. The molecule has 8 nitrogen and oxygen atoms in total. The summed E-state index contributed by atoms with van der Waals surface area (Å²) in [4.78, 5) is 44.7. The standard InChI is InChI=1S/C26H31FN4O4S/c1-4-30-21(22(25(33)35-5-2)23(28-26(30)34)19-9-12-36-16-19)15-29-10-11-31(17(3)14-29)24(32)18-7-6-8-20(27)13-18/h6-9,12-13,16-17,23H,4-5,10-11,14-15H2,1-3H3,(H,28,34). The number of rotatable bonds is 7. The van der Waals surface area contributed by atoms with Crippen LogP contribution in [-0.4, -0.2) is 78.0 Å². The minimum atomic E-state index is -0.589. The van der Waals surface area contributed by atoms with Crippen molar-refractivity contribution >= 4 is 29.2 Å². The van der Waals surface area contributed by atoms with E-state index in [-0.39, 0.29) is 24.6 Å². The van der Waals surface area contributed by atoms with Gasteiger partial charge in [-0.3, -0.25) is 14.6 Å². The first-order chi connectivity index (χ1) is 17.3. The lowest BCUT2D eigenvalue weighted by molar-refractivity contribution is -0.139. The molecule has 192 valence electrons. The molecule has 1 N–H and O–H groups in total. The van der Waals surface area contributed by atoms with Gasteiger partial charge in [0, 0.05) is 50.0 Å². The summed E-state index contributed by atoms with van der Waals surface area (Å²) in [6, 6.07) is 6.63. The number of hydrogen-bond donors (Lipinski definition) is 1. The van der Waals surface area contributed by atoms with Crippen LogP contribution in [0.25, 0.3) is 0 Å². The first-order valence-corrected chi connectivity index (χ1v) is 13.1. The summed E-state index contributed by atoms with van der Waals surface area (Å²) in [6.07, 6.45) is 0. The molecule has 2 atom stereocenters. The van der Waals surface area contributed by atoms with Crippen LogP contribution in [0.5, 0.6) is 0 Å². The van der Waals surface area contributed by atoms with E-state index in [1.54, 1.807) is 22.8 Å². The number of benzene rings is 1. The minimum absolute atomic E-state index is 0.138. The fraction of sp³-hybridized carbons (Fsp3) is 0.423. The smallest absolute Gasteiger partial charge is 0.338 e. The Labute approximate surface area is 214 Å². The molecule has 0 radical (unpaired) electrons. The lowest BCUT2D eigenvalue weighted by Crippen LogP contribution is -2.56. The monoisotopic (exact) mass is 514 g/mol. The van der Waals surface area contributed by atoms with Crippen LogP contribution in [0.2, 0.25) is 0 Å². The third-order valence-corrected chi connectivity index (χ3v) is 7.25. The number of urea groups is 1. The third kappa shape index (κ3) is 5.29. The van der Waals surface area contributed by atoms with Crippen molar-refractivity contribution in [2.24, 2.45) is 0 Å². The molecule has 3 amide bonds. The van der Waals surface area contributed by atoms with Gasteiger partial charge < -0.3 is 15.0 Å². The van der Waals surface area contributed by atoms with Crippen molar-refractivity contribution in [1.29, 1.82) is 0 Å². The highest BCUT2D eigenvalue weighted by atomic mass is 32.1. The van der Waals surface area contributed by atoms with Crippen LogP contribution in [0.3, 0.4) is 0 Å². The number of piperazine rings is 1. The highest BCUT2D eigenvalue weighted by Crippen LogP contribution is 2.33. The molecule has 2 unspecified atom stereocenters. The lowest BCUT2D eigenvalue weighted by atomic mass is 9.95. The first-order valence-electron chi connectivity index (χ1n) is 12.1. The van der Waals surface area contributed by atoms with Crippen molar-refractivity contribution in [1.82, 2.24) is 20.0 Å². The molecule has 36 heavy (non-hydrogen) atoms. The normalized spacial score (nSPS) is 20.9. The second-order valence-corrected chi connectivity index (χ2v) is 9.64. The Bertz CT molecular complexity index is 1150. The van der Waals surface area contributed by atoms with E-state index in [1.165, 1.54) is 29.5 Å². The van der Waals surface area contributed by atoms with Crippen molar-refractivity contribution in [3.8, 4) is 0 Å². The van der Waals surface area contributed by atoms with Crippen molar-refractivity contribution in [2.75, 3.05) is 39.3 Å². The molecule has 0 saturated carbocycles. The molecule has 2 aliphatic heterocycles. The van der Waals surface area contributed by atoms with Crippen molar-refractivity contribution in [2.45, 2.75) is 32.9 Å². The van der Waals surface area contributed by atoms with Crippen LogP contribution >= 0.6 is 11.3 Å². The number of nitrogens with zero attached hydrogens (tertiary/aromatic N) is 3. The number of carbonyl (C=O) groups is 3. The highest BCUT2D eigenvalue weighted by Gasteiger charge is 2.39. The first kappa shape index (κ1) is 25.8. The van der Waals surface area contributed by atoms with Gasteiger partial charge in [-0.1, -0.05) is 6.07 Å². The summed E-state index contributed by atoms with van der Waals surface area (Å²) < 4.78 is 19.1. The number of hydrogen-bond acceptors (Lipinski definition) is 6. The predicted octanol–water partition coefficient (Wildman–Crippen LogP) is 3.64. The van der Waals surface area contributed by atoms with Gasteiger partial charge in [0.25, 0.3) is 5.91 Å². The average Bonchev–Trinajstić information content (AvgIpc) is 3.39. The SMILES string of the molecule is CCOC(=O)C1=C(CN2CCN(C(=O)c3cccc(F)c3)C(C)C2)N(CC)C(=O)NC1c1ccsc1. The minimum Gasteiger partial charge on any atom is -0.463 e. The molecule has 10 heteroatoms. The number of halogens is 1. The lowest BCUT2D eigenvalue weighted by Gasteiger charge is -2.42. The van der Waals surface area contributed by atoms with E-state index in [0.717, 1.165) is 5.56 Å². The zero-order valence-electron chi connectivity index (χ0n) is 20.7. The molecule has 3 heterocycles. The van der Waals surface area contributed by atoms with Crippen LogP contribution in [0.15, 0.2) is 52.4 Å². The molecule has 2 aliphatic rings. The molecular weight excluding hydrogens is 483 g/mol. The van der Waals surface area contributed by atoms with Gasteiger partial charge in [0.2, 0.25) is 0 Å². The summed E-state index contributed by atoms with van der Waals surface area (Å²) in [5.74, 6) is -1.10. The fourth-order valence-corrected chi connectivity index (χ4v) is 5.51. The zero-order valence-corrected chi connectivity index (χ0v) is 21.5. The van der Waals surface area contributed by atoms with E-state index in [9.17, 15) is 18.8 Å². The van der Waals surface area contributed by atoms with Crippen molar-refractivity contribution < 1.29 is 23.5 Å². The van der Waals surface area contributed by atoms with E-state index >= 15 is 0 Å². The van der Waals surface area contributed by atoms with Gasteiger partial charge in [0.1, 0.15) is 5.82 Å². The van der Waals surface area contributed by atoms with Gasteiger partial charge >= 0.3 is 12.0 Å². The van der Waals surface area contributed by atoms with E-state index in [2.05, 4.69) is 10.2 Å². The molecule has 1 aromatic carbocycles. The molecule has 1 saturated heterocycles. The van der Waals surface area contributed by atoms with Crippen LogP contribution in [-0.2, 0) is 9.53 Å². The molecular formula is C26H31FN4O4S. The van der Waals surface area contributed by atoms with Gasteiger partial charge in [-0.25, -0.2) is 14.0 Å². The van der Waals surface area contributed by atoms with Crippen LogP contribution in [0, 0.1) is 5.82 Å². The maximum atomic E-state index is 13.6. The maximum absolute atomic E-state index is 13.6. The topological polar surface area (TPSA) is 82.2 Å². The average molecular weight is 515 g/mol.